The van der Waals surface area contributed by atoms with Crippen LogP contribution in [0, 0.1) is 0 Å². The van der Waals surface area contributed by atoms with Gasteiger partial charge >= 0.3 is 0 Å². The Labute approximate surface area is 111 Å². The Morgan fingerprint density at radius 3 is 2.65 bits per heavy atom. The van der Waals surface area contributed by atoms with Crippen molar-refractivity contribution in [2.75, 3.05) is 0 Å². The van der Waals surface area contributed by atoms with Crippen LogP contribution in [0.25, 0.3) is 0 Å². The molecule has 1 N–H and O–H groups in total. The SMILES string of the molecule is CC(NC1=CC(=O)CC1)c1ccc(Cl)cc1Cl. The van der Waals surface area contributed by atoms with Gasteiger partial charge in [-0.25, -0.2) is 0 Å². The number of carbonyl (C=O) groups excluding carboxylic acids is 1. The Morgan fingerprint density at radius 1 is 1.29 bits per heavy atom. The van der Waals surface area contributed by atoms with Crippen LogP contribution in [0.15, 0.2) is 30.0 Å². The van der Waals surface area contributed by atoms with Gasteiger partial charge < -0.3 is 5.32 Å². The molecule has 2 nitrogen and oxygen atoms in total. The van der Waals surface area contributed by atoms with Crippen LogP contribution in [0.1, 0.15) is 31.4 Å². The zero-order valence-corrected chi connectivity index (χ0v) is 11.0. The zero-order valence-electron chi connectivity index (χ0n) is 9.47. The molecule has 1 atom stereocenters. The number of carbonyl (C=O) groups is 1. The van der Waals surface area contributed by atoms with Crippen molar-refractivity contribution in [1.29, 1.82) is 0 Å². The van der Waals surface area contributed by atoms with E-state index in [1.807, 2.05) is 19.1 Å². The van der Waals surface area contributed by atoms with Crippen LogP contribution in [0.4, 0.5) is 0 Å². The Balaban J connectivity index is 2.12. The molecule has 0 bridgehead atoms. The largest absolute Gasteiger partial charge is 0.382 e. The number of hydrogen-bond acceptors (Lipinski definition) is 2. The minimum atomic E-state index is 0.0666. The van der Waals surface area contributed by atoms with Crippen LogP contribution in [0.3, 0.4) is 0 Å². The molecule has 1 aliphatic carbocycles. The molecular formula is C13H13Cl2NO. The van der Waals surface area contributed by atoms with Gasteiger partial charge in [-0.1, -0.05) is 29.3 Å². The zero-order chi connectivity index (χ0) is 12.4. The third-order valence-corrected chi connectivity index (χ3v) is 3.37. The van der Waals surface area contributed by atoms with Crippen LogP contribution in [0.2, 0.25) is 10.0 Å². The molecule has 17 heavy (non-hydrogen) atoms. The van der Waals surface area contributed by atoms with Crippen molar-refractivity contribution in [3.05, 3.63) is 45.6 Å². The summed E-state index contributed by atoms with van der Waals surface area (Å²) in [6, 6.07) is 5.51. The van der Waals surface area contributed by atoms with Gasteiger partial charge in [0, 0.05) is 34.3 Å². The highest BCUT2D eigenvalue weighted by molar-refractivity contribution is 6.35. The first kappa shape index (κ1) is 12.5. The first-order chi connectivity index (χ1) is 8.06. The summed E-state index contributed by atoms with van der Waals surface area (Å²) < 4.78 is 0. The lowest BCUT2D eigenvalue weighted by Crippen LogP contribution is -2.17. The number of rotatable bonds is 3. The van der Waals surface area contributed by atoms with Crippen LogP contribution in [-0.4, -0.2) is 5.78 Å². The van der Waals surface area contributed by atoms with E-state index >= 15 is 0 Å². The normalized spacial score (nSPS) is 16.9. The minimum absolute atomic E-state index is 0.0666. The van der Waals surface area contributed by atoms with Gasteiger partial charge in [0.25, 0.3) is 0 Å². The van der Waals surface area contributed by atoms with E-state index < -0.39 is 0 Å². The lowest BCUT2D eigenvalue weighted by Gasteiger charge is -2.17. The second kappa shape index (κ2) is 5.11. The van der Waals surface area contributed by atoms with Crippen molar-refractivity contribution >= 4 is 29.0 Å². The highest BCUT2D eigenvalue weighted by Gasteiger charge is 2.16. The topological polar surface area (TPSA) is 29.1 Å². The van der Waals surface area contributed by atoms with E-state index in [2.05, 4.69) is 5.32 Å². The maximum Gasteiger partial charge on any atom is 0.157 e. The molecule has 1 aromatic rings. The number of allylic oxidation sites excluding steroid dienone is 2. The predicted octanol–water partition coefficient (Wildman–Crippen LogP) is 3.89. The average Bonchev–Trinajstić information content (AvgIpc) is 2.63. The van der Waals surface area contributed by atoms with Gasteiger partial charge in [0.05, 0.1) is 0 Å². The van der Waals surface area contributed by atoms with Crippen molar-refractivity contribution in [1.82, 2.24) is 5.32 Å². The molecule has 1 aromatic carbocycles. The predicted molar refractivity (Wildman–Crippen MR) is 70.3 cm³/mol. The summed E-state index contributed by atoms with van der Waals surface area (Å²) in [5, 5.41) is 4.57. The second-order valence-electron chi connectivity index (χ2n) is 4.17. The van der Waals surface area contributed by atoms with Crippen LogP contribution >= 0.6 is 23.2 Å². The second-order valence-corrected chi connectivity index (χ2v) is 5.01. The molecular weight excluding hydrogens is 257 g/mol. The van der Waals surface area contributed by atoms with Crippen LogP contribution in [0.5, 0.6) is 0 Å². The fourth-order valence-corrected chi connectivity index (χ4v) is 2.49. The Morgan fingerprint density at radius 2 is 2.06 bits per heavy atom. The van der Waals surface area contributed by atoms with E-state index in [-0.39, 0.29) is 11.8 Å². The number of nitrogens with one attached hydrogen (secondary N) is 1. The third-order valence-electron chi connectivity index (χ3n) is 2.81. The summed E-state index contributed by atoms with van der Waals surface area (Å²) in [6.45, 7) is 2.01. The molecule has 0 spiro atoms. The summed E-state index contributed by atoms with van der Waals surface area (Å²) in [4.78, 5) is 11.1. The number of benzene rings is 1. The summed E-state index contributed by atoms with van der Waals surface area (Å²) in [5.41, 5.74) is 1.96. The summed E-state index contributed by atoms with van der Waals surface area (Å²) in [6.07, 6.45) is 3.05. The van der Waals surface area contributed by atoms with Crippen molar-refractivity contribution in [2.45, 2.75) is 25.8 Å². The molecule has 2 rings (SSSR count). The molecule has 0 heterocycles. The highest BCUT2D eigenvalue weighted by Crippen LogP contribution is 2.27. The molecule has 0 aliphatic heterocycles. The van der Waals surface area contributed by atoms with Gasteiger partial charge in [-0.15, -0.1) is 0 Å². The molecule has 4 heteroatoms. The molecule has 1 unspecified atom stereocenters. The molecule has 0 saturated carbocycles. The van der Waals surface area contributed by atoms with E-state index in [0.29, 0.717) is 16.5 Å². The molecule has 0 saturated heterocycles. The van der Waals surface area contributed by atoms with E-state index in [1.54, 1.807) is 12.1 Å². The van der Waals surface area contributed by atoms with Crippen LogP contribution in [-0.2, 0) is 4.79 Å². The van der Waals surface area contributed by atoms with E-state index in [0.717, 1.165) is 17.7 Å². The van der Waals surface area contributed by atoms with Crippen LogP contribution < -0.4 is 5.32 Å². The summed E-state index contributed by atoms with van der Waals surface area (Å²) in [5.74, 6) is 0.182. The fraction of sp³-hybridized carbons (Fsp3) is 0.308. The monoisotopic (exact) mass is 269 g/mol. The first-order valence-electron chi connectivity index (χ1n) is 5.51. The van der Waals surface area contributed by atoms with Gasteiger partial charge in [-0.05, 0) is 31.0 Å². The Bertz CT molecular complexity index is 482. The van der Waals surface area contributed by atoms with E-state index in [9.17, 15) is 4.79 Å². The average molecular weight is 270 g/mol. The summed E-state index contributed by atoms with van der Waals surface area (Å²) in [7, 11) is 0. The number of hydrogen-bond donors (Lipinski definition) is 1. The Kier molecular flexibility index (Phi) is 3.75. The quantitative estimate of drug-likeness (QED) is 0.902. The number of halogens is 2. The standard InChI is InChI=1S/C13H13Cl2NO/c1-8(16-10-3-4-11(17)7-10)12-5-2-9(14)6-13(12)15/h2,5-8,16H,3-4H2,1H3. The van der Waals surface area contributed by atoms with Crippen molar-refractivity contribution in [2.24, 2.45) is 0 Å². The molecule has 0 aromatic heterocycles. The fourth-order valence-electron chi connectivity index (χ4n) is 1.92. The highest BCUT2D eigenvalue weighted by atomic mass is 35.5. The van der Waals surface area contributed by atoms with Gasteiger partial charge in [-0.2, -0.15) is 0 Å². The van der Waals surface area contributed by atoms with Crippen molar-refractivity contribution in [3.63, 3.8) is 0 Å². The Hall–Kier alpha value is -0.990. The maximum absolute atomic E-state index is 11.1. The number of ketones is 1. The van der Waals surface area contributed by atoms with Crippen molar-refractivity contribution < 1.29 is 4.79 Å². The van der Waals surface area contributed by atoms with E-state index in [1.165, 1.54) is 0 Å². The smallest absolute Gasteiger partial charge is 0.157 e. The van der Waals surface area contributed by atoms with E-state index in [4.69, 9.17) is 23.2 Å². The molecule has 0 radical (unpaired) electrons. The molecule has 0 amide bonds. The lowest BCUT2D eigenvalue weighted by molar-refractivity contribution is -0.114. The molecule has 0 fully saturated rings. The molecule has 90 valence electrons. The minimum Gasteiger partial charge on any atom is -0.382 e. The summed E-state index contributed by atoms with van der Waals surface area (Å²) >= 11 is 12.0. The maximum atomic E-state index is 11.1. The van der Waals surface area contributed by atoms with Gasteiger partial charge in [0.2, 0.25) is 0 Å². The third kappa shape index (κ3) is 3.02. The first-order valence-corrected chi connectivity index (χ1v) is 6.27. The van der Waals surface area contributed by atoms with Gasteiger partial charge in [-0.3, -0.25) is 4.79 Å². The van der Waals surface area contributed by atoms with Gasteiger partial charge in [0.15, 0.2) is 5.78 Å². The van der Waals surface area contributed by atoms with Crippen molar-refractivity contribution in [3.8, 4) is 0 Å². The van der Waals surface area contributed by atoms with Gasteiger partial charge in [0.1, 0.15) is 0 Å². The lowest BCUT2D eigenvalue weighted by atomic mass is 10.1. The molecule has 1 aliphatic rings.